The van der Waals surface area contributed by atoms with Gasteiger partial charge in [0.25, 0.3) is 0 Å². The molecule has 0 radical (unpaired) electrons. The largest absolute Gasteiger partial charge is 0.496 e. The maximum absolute atomic E-state index is 13.8. The number of benzene rings is 2. The van der Waals surface area contributed by atoms with E-state index in [2.05, 4.69) is 36.9 Å². The van der Waals surface area contributed by atoms with Gasteiger partial charge < -0.3 is 24.4 Å². The Bertz CT molecular complexity index is 1190. The fraction of sp³-hybridized carbons (Fsp3) is 0.588. The van der Waals surface area contributed by atoms with Crippen molar-refractivity contribution < 1.29 is 24.2 Å². The van der Waals surface area contributed by atoms with Gasteiger partial charge in [0.05, 0.1) is 26.2 Å². The highest BCUT2D eigenvalue weighted by Crippen LogP contribution is 2.41. The highest BCUT2D eigenvalue weighted by Gasteiger charge is 2.47. The Morgan fingerprint density at radius 3 is 2.57 bits per heavy atom. The molecule has 0 bridgehead atoms. The van der Waals surface area contributed by atoms with Crippen LogP contribution in [0.3, 0.4) is 0 Å². The summed E-state index contributed by atoms with van der Waals surface area (Å²) in [5.74, 6) is 0.184. The number of para-hydroxylation sites is 1. The van der Waals surface area contributed by atoms with Crippen LogP contribution >= 0.6 is 0 Å². The smallest absolute Gasteiger partial charge is 0.308 e. The van der Waals surface area contributed by atoms with Gasteiger partial charge >= 0.3 is 5.97 Å². The summed E-state index contributed by atoms with van der Waals surface area (Å²) in [5.41, 5.74) is 3.22. The highest BCUT2D eigenvalue weighted by molar-refractivity contribution is 5.79. The molecule has 8 nitrogen and oxygen atoms in total. The quantitative estimate of drug-likeness (QED) is 0.289. The Morgan fingerprint density at radius 1 is 1.07 bits per heavy atom. The van der Waals surface area contributed by atoms with Crippen LogP contribution in [-0.2, 0) is 22.4 Å². The van der Waals surface area contributed by atoms with Crippen LogP contribution in [0.25, 0.3) is 0 Å². The molecule has 4 rings (SSSR count). The third-order valence-electron chi connectivity index (χ3n) is 8.83. The van der Waals surface area contributed by atoms with E-state index in [1.807, 2.05) is 41.3 Å². The molecule has 1 N–H and O–H groups in total. The van der Waals surface area contributed by atoms with Crippen LogP contribution in [0.2, 0.25) is 0 Å². The average molecular weight is 580 g/mol. The van der Waals surface area contributed by atoms with Crippen LogP contribution in [0.5, 0.6) is 11.5 Å². The number of likely N-dealkylation sites (tertiary alicyclic amines) is 1. The second-order valence-corrected chi connectivity index (χ2v) is 12.0. The number of carbonyl (C=O) groups is 2. The van der Waals surface area contributed by atoms with Crippen LogP contribution in [0, 0.1) is 5.92 Å². The second kappa shape index (κ2) is 15.4. The number of carbonyl (C=O) groups excluding carboxylic acids is 1. The number of amides is 1. The number of carboxylic acids is 1. The molecular weight excluding hydrogens is 530 g/mol. The van der Waals surface area contributed by atoms with E-state index in [1.165, 1.54) is 0 Å². The molecule has 2 aliphatic rings. The van der Waals surface area contributed by atoms with Gasteiger partial charge in [0.15, 0.2) is 0 Å². The molecule has 0 aliphatic carbocycles. The monoisotopic (exact) mass is 579 g/mol. The minimum Gasteiger partial charge on any atom is -0.496 e. The predicted molar refractivity (Wildman–Crippen MR) is 165 cm³/mol. The van der Waals surface area contributed by atoms with Crippen molar-refractivity contribution >= 4 is 11.9 Å². The van der Waals surface area contributed by atoms with E-state index in [0.29, 0.717) is 26.0 Å². The molecule has 3 atom stereocenters. The number of ether oxygens (including phenoxy) is 2. The van der Waals surface area contributed by atoms with Crippen LogP contribution in [0.15, 0.2) is 42.5 Å². The molecule has 1 unspecified atom stereocenters. The number of aliphatic carboxylic acids is 1. The number of carboxylic acid groups (broad SMARTS) is 1. The molecule has 1 saturated heterocycles. The van der Waals surface area contributed by atoms with E-state index < -0.39 is 11.9 Å². The van der Waals surface area contributed by atoms with Crippen molar-refractivity contribution in [2.24, 2.45) is 5.92 Å². The van der Waals surface area contributed by atoms with E-state index in [-0.39, 0.29) is 24.4 Å². The van der Waals surface area contributed by atoms with Crippen molar-refractivity contribution in [1.82, 2.24) is 14.7 Å². The number of hydrogen-bond donors (Lipinski definition) is 1. The second-order valence-electron chi connectivity index (χ2n) is 12.0. The maximum atomic E-state index is 13.8. The Balaban J connectivity index is 1.57. The average Bonchev–Trinajstić information content (AvgIpc) is 3.59. The van der Waals surface area contributed by atoms with Crippen molar-refractivity contribution in [1.29, 1.82) is 0 Å². The fourth-order valence-corrected chi connectivity index (χ4v) is 6.55. The fourth-order valence-electron chi connectivity index (χ4n) is 6.55. The molecule has 0 saturated carbocycles. The van der Waals surface area contributed by atoms with E-state index >= 15 is 0 Å². The van der Waals surface area contributed by atoms with Crippen molar-refractivity contribution in [3.63, 3.8) is 0 Å². The number of aryl methyl sites for hydroxylation is 1. The lowest BCUT2D eigenvalue weighted by Crippen LogP contribution is -2.45. The first-order valence-corrected chi connectivity index (χ1v) is 15.6. The van der Waals surface area contributed by atoms with Crippen molar-refractivity contribution in [3.8, 4) is 11.5 Å². The normalized spacial score (nSPS) is 20.0. The van der Waals surface area contributed by atoms with Gasteiger partial charge in [0.1, 0.15) is 11.5 Å². The molecule has 42 heavy (non-hydrogen) atoms. The lowest BCUT2D eigenvalue weighted by atomic mass is 9.83. The number of unbranched alkanes of at least 4 members (excludes halogenated alkanes) is 2. The summed E-state index contributed by atoms with van der Waals surface area (Å²) in [6.45, 7) is 6.07. The molecule has 2 aromatic carbocycles. The molecule has 230 valence electrons. The summed E-state index contributed by atoms with van der Waals surface area (Å²) in [7, 11) is 5.81. The zero-order valence-electron chi connectivity index (χ0n) is 25.9. The van der Waals surface area contributed by atoms with Gasteiger partial charge in [0, 0.05) is 38.0 Å². The number of hydrogen-bond acceptors (Lipinski definition) is 6. The Morgan fingerprint density at radius 2 is 1.83 bits per heavy atom. The molecular formula is C34H49N3O5. The third-order valence-corrected chi connectivity index (χ3v) is 8.83. The van der Waals surface area contributed by atoms with Crippen molar-refractivity contribution in [3.05, 3.63) is 59.2 Å². The summed E-state index contributed by atoms with van der Waals surface area (Å²) in [4.78, 5) is 33.1. The van der Waals surface area contributed by atoms with Gasteiger partial charge in [-0.05, 0) is 81.6 Å². The molecule has 2 aromatic rings. The van der Waals surface area contributed by atoms with Gasteiger partial charge in [-0.1, -0.05) is 43.7 Å². The number of fused-ring (bicyclic) bond motifs is 1. The van der Waals surface area contributed by atoms with Crippen molar-refractivity contribution in [2.45, 2.75) is 63.8 Å². The predicted octanol–water partition coefficient (Wildman–Crippen LogP) is 4.70. The van der Waals surface area contributed by atoms with Crippen LogP contribution in [0.1, 0.15) is 61.6 Å². The Hall–Kier alpha value is -3.10. The number of rotatable bonds is 16. The minimum absolute atomic E-state index is 0.0998. The summed E-state index contributed by atoms with van der Waals surface area (Å²) < 4.78 is 11.3. The van der Waals surface area contributed by atoms with Crippen LogP contribution in [0.4, 0.5) is 0 Å². The summed E-state index contributed by atoms with van der Waals surface area (Å²) in [5, 5.41) is 10.6. The Kier molecular flexibility index (Phi) is 11.7. The first-order chi connectivity index (χ1) is 20.3. The molecule has 1 fully saturated rings. The first-order valence-electron chi connectivity index (χ1n) is 15.6. The summed E-state index contributed by atoms with van der Waals surface area (Å²) in [6, 6.07) is 13.8. The molecule has 2 aliphatic heterocycles. The van der Waals surface area contributed by atoms with E-state index in [4.69, 9.17) is 9.47 Å². The van der Waals surface area contributed by atoms with Crippen LogP contribution < -0.4 is 9.47 Å². The maximum Gasteiger partial charge on any atom is 0.308 e. The standard InChI is InChI=1S/C34H49N3O5/c1-5-6-19-36(20-10-9-18-35(2)3)32(38)24-37-23-28(26-14-16-31-27(22-26)17-21-42-31)33(34(39)40)29(37)15-13-25-11-7-8-12-30(25)41-4/h7-8,11-12,14,16,22,28-29,33H,5-6,9-10,13,15,17-21,23-24H2,1-4H3,(H,39,40)/t28-,29+,33?/m1/s1. The summed E-state index contributed by atoms with van der Waals surface area (Å²) in [6.07, 6.45) is 6.15. The minimum atomic E-state index is -0.803. The van der Waals surface area contributed by atoms with Gasteiger partial charge in [0.2, 0.25) is 5.91 Å². The van der Waals surface area contributed by atoms with Gasteiger partial charge in [-0.2, -0.15) is 0 Å². The van der Waals surface area contributed by atoms with Gasteiger partial charge in [-0.3, -0.25) is 14.5 Å². The SMILES string of the molecule is CCCCN(CCCCN(C)C)C(=O)CN1C[C@H](c2ccc3c(c2)CCO3)C(C(=O)O)[C@@H]1CCc1ccccc1OC. The van der Waals surface area contributed by atoms with Crippen LogP contribution in [-0.4, -0.2) is 98.3 Å². The molecule has 0 spiro atoms. The van der Waals surface area contributed by atoms with Crippen molar-refractivity contribution in [2.75, 3.05) is 60.5 Å². The van der Waals surface area contributed by atoms with E-state index in [0.717, 1.165) is 79.9 Å². The Labute approximate surface area is 251 Å². The molecule has 8 heteroatoms. The zero-order valence-corrected chi connectivity index (χ0v) is 25.9. The first kappa shape index (κ1) is 31.8. The molecule has 0 aromatic heterocycles. The third kappa shape index (κ3) is 8.04. The topological polar surface area (TPSA) is 82.5 Å². The zero-order chi connectivity index (χ0) is 30.1. The van der Waals surface area contributed by atoms with Gasteiger partial charge in [-0.15, -0.1) is 0 Å². The lowest BCUT2D eigenvalue weighted by molar-refractivity contribution is -0.143. The van der Waals surface area contributed by atoms with Gasteiger partial charge in [-0.25, -0.2) is 0 Å². The summed E-state index contributed by atoms with van der Waals surface area (Å²) >= 11 is 0. The van der Waals surface area contributed by atoms with E-state index in [1.54, 1.807) is 7.11 Å². The molecule has 1 amide bonds. The highest BCUT2D eigenvalue weighted by atomic mass is 16.5. The molecule has 2 heterocycles. The lowest BCUT2D eigenvalue weighted by Gasteiger charge is -2.30. The number of methoxy groups -OCH3 is 1. The van der Waals surface area contributed by atoms with E-state index in [9.17, 15) is 14.7 Å². The number of nitrogens with zero attached hydrogens (tertiary/aromatic N) is 3.